The highest BCUT2D eigenvalue weighted by Crippen LogP contribution is 2.18. The summed E-state index contributed by atoms with van der Waals surface area (Å²) in [5.74, 6) is 0.0970. The van der Waals surface area contributed by atoms with E-state index in [1.807, 2.05) is 0 Å². The Kier molecular flexibility index (Phi) is 10.6. The number of aliphatic imine (C=N–C) groups is 1. The monoisotopic (exact) mass is 470 g/mol. The molecule has 8 heteroatoms. The summed E-state index contributed by atoms with van der Waals surface area (Å²) in [4.78, 5) is 6.65. The van der Waals surface area contributed by atoms with Crippen LogP contribution in [0.5, 0.6) is 0 Å². The zero-order valence-electron chi connectivity index (χ0n) is 13.6. The normalized spacial score (nSPS) is 15.8. The van der Waals surface area contributed by atoms with E-state index in [2.05, 4.69) is 15.2 Å². The molecule has 0 atom stereocenters. The Morgan fingerprint density at radius 3 is 2.83 bits per heavy atom. The van der Waals surface area contributed by atoms with Crippen molar-refractivity contribution in [3.05, 3.63) is 34.6 Å². The van der Waals surface area contributed by atoms with Gasteiger partial charge in [-0.25, -0.2) is 4.39 Å². The highest BCUT2D eigenvalue weighted by atomic mass is 127. The van der Waals surface area contributed by atoms with Crippen LogP contribution in [0.1, 0.15) is 12.0 Å². The Morgan fingerprint density at radius 1 is 1.38 bits per heavy atom. The summed E-state index contributed by atoms with van der Waals surface area (Å²) in [5.41, 5.74) is 6.31. The number of morpholine rings is 1. The van der Waals surface area contributed by atoms with Crippen LogP contribution in [0.25, 0.3) is 0 Å². The van der Waals surface area contributed by atoms with Gasteiger partial charge in [0.15, 0.2) is 5.96 Å². The number of ether oxygens (including phenoxy) is 1. The van der Waals surface area contributed by atoms with Crippen molar-refractivity contribution in [2.75, 3.05) is 45.9 Å². The van der Waals surface area contributed by atoms with Gasteiger partial charge in [-0.2, -0.15) is 0 Å². The lowest BCUT2D eigenvalue weighted by molar-refractivity contribution is 0.0377. The molecule has 1 aromatic carbocycles. The minimum absolute atomic E-state index is 0. The van der Waals surface area contributed by atoms with Crippen LogP contribution in [-0.4, -0.2) is 56.8 Å². The zero-order chi connectivity index (χ0) is 16.5. The molecule has 136 valence electrons. The number of nitrogens with two attached hydrogens (primary N) is 1. The van der Waals surface area contributed by atoms with Gasteiger partial charge in [0.05, 0.1) is 13.2 Å². The standard InChI is InChI=1S/C16H24ClFN4O.HI/c17-14-3-1-4-15(18)13(14)5-7-21-16(19)20-6-2-8-22-9-11-23-12-10-22;/h1,3-4H,2,5-12H2,(H3,19,20,21);1H. The van der Waals surface area contributed by atoms with E-state index in [4.69, 9.17) is 22.1 Å². The van der Waals surface area contributed by atoms with Gasteiger partial charge in [-0.1, -0.05) is 17.7 Å². The molecule has 1 heterocycles. The Bertz CT molecular complexity index is 507. The third-order valence-corrected chi connectivity index (χ3v) is 4.12. The minimum Gasteiger partial charge on any atom is -0.379 e. The number of halogens is 3. The first-order valence-electron chi connectivity index (χ1n) is 7.93. The maximum absolute atomic E-state index is 13.6. The van der Waals surface area contributed by atoms with Gasteiger partial charge >= 0.3 is 0 Å². The fourth-order valence-corrected chi connectivity index (χ4v) is 2.72. The maximum atomic E-state index is 13.6. The summed E-state index contributed by atoms with van der Waals surface area (Å²) < 4.78 is 18.9. The molecule has 0 saturated carbocycles. The van der Waals surface area contributed by atoms with Crippen LogP contribution in [0, 0.1) is 5.82 Å². The van der Waals surface area contributed by atoms with Crippen molar-refractivity contribution in [2.45, 2.75) is 12.8 Å². The van der Waals surface area contributed by atoms with Crippen molar-refractivity contribution in [1.82, 2.24) is 10.2 Å². The molecule has 0 amide bonds. The lowest BCUT2D eigenvalue weighted by Crippen LogP contribution is -2.37. The highest BCUT2D eigenvalue weighted by Gasteiger charge is 2.09. The van der Waals surface area contributed by atoms with Gasteiger partial charge in [-0.3, -0.25) is 9.89 Å². The first-order chi connectivity index (χ1) is 11.2. The van der Waals surface area contributed by atoms with E-state index < -0.39 is 0 Å². The molecule has 1 aromatic rings. The molecule has 0 aromatic heterocycles. The second kappa shape index (κ2) is 11.8. The SMILES string of the molecule is I.NC(=NCCCN1CCOCC1)NCCc1c(F)cccc1Cl. The summed E-state index contributed by atoms with van der Waals surface area (Å²) in [6.07, 6.45) is 1.43. The van der Waals surface area contributed by atoms with Gasteiger partial charge < -0.3 is 15.8 Å². The van der Waals surface area contributed by atoms with Crippen LogP contribution in [-0.2, 0) is 11.2 Å². The molecule has 0 radical (unpaired) electrons. The first-order valence-corrected chi connectivity index (χ1v) is 8.31. The van der Waals surface area contributed by atoms with Gasteiger partial charge in [-0.15, -0.1) is 24.0 Å². The molecule has 24 heavy (non-hydrogen) atoms. The van der Waals surface area contributed by atoms with E-state index in [9.17, 15) is 4.39 Å². The van der Waals surface area contributed by atoms with E-state index in [1.54, 1.807) is 12.1 Å². The second-order valence-corrected chi connectivity index (χ2v) is 5.86. The average Bonchev–Trinajstić information content (AvgIpc) is 2.55. The maximum Gasteiger partial charge on any atom is 0.188 e. The summed E-state index contributed by atoms with van der Waals surface area (Å²) >= 11 is 5.98. The van der Waals surface area contributed by atoms with Crippen molar-refractivity contribution in [1.29, 1.82) is 0 Å². The quantitative estimate of drug-likeness (QED) is 0.278. The van der Waals surface area contributed by atoms with Crippen molar-refractivity contribution in [2.24, 2.45) is 10.7 Å². The lowest BCUT2D eigenvalue weighted by Gasteiger charge is -2.26. The molecule has 1 aliphatic rings. The van der Waals surface area contributed by atoms with Crippen LogP contribution in [0.2, 0.25) is 5.02 Å². The second-order valence-electron chi connectivity index (χ2n) is 5.45. The number of nitrogens with one attached hydrogen (secondary N) is 1. The number of hydrogen-bond donors (Lipinski definition) is 2. The van der Waals surface area contributed by atoms with Crippen molar-refractivity contribution < 1.29 is 9.13 Å². The van der Waals surface area contributed by atoms with Crippen LogP contribution in [0.4, 0.5) is 4.39 Å². The Hall–Kier alpha value is -0.640. The van der Waals surface area contributed by atoms with Crippen LogP contribution < -0.4 is 11.1 Å². The fourth-order valence-electron chi connectivity index (χ4n) is 2.46. The third-order valence-electron chi connectivity index (χ3n) is 3.76. The first kappa shape index (κ1) is 21.4. The van der Waals surface area contributed by atoms with Crippen LogP contribution in [0.3, 0.4) is 0 Å². The predicted octanol–water partition coefficient (Wildman–Crippen LogP) is 2.27. The van der Waals surface area contributed by atoms with Gasteiger partial charge in [0.1, 0.15) is 5.82 Å². The number of benzene rings is 1. The van der Waals surface area contributed by atoms with E-state index in [1.165, 1.54) is 6.07 Å². The molecule has 0 spiro atoms. The van der Waals surface area contributed by atoms with Crippen molar-refractivity contribution in [3.63, 3.8) is 0 Å². The van der Waals surface area contributed by atoms with Crippen molar-refractivity contribution >= 4 is 41.5 Å². The summed E-state index contributed by atoms with van der Waals surface area (Å²) in [5, 5.41) is 3.43. The molecule has 1 aliphatic heterocycles. The van der Waals surface area contributed by atoms with E-state index in [0.29, 0.717) is 36.1 Å². The van der Waals surface area contributed by atoms with Crippen LogP contribution in [0.15, 0.2) is 23.2 Å². The lowest BCUT2D eigenvalue weighted by atomic mass is 10.1. The van der Waals surface area contributed by atoms with Gasteiger partial charge in [0.25, 0.3) is 0 Å². The summed E-state index contributed by atoms with van der Waals surface area (Å²) in [6, 6.07) is 4.69. The fraction of sp³-hybridized carbons (Fsp3) is 0.562. The molecule has 1 fully saturated rings. The van der Waals surface area contributed by atoms with Gasteiger partial charge in [-0.05, 0) is 25.0 Å². The molecule has 3 N–H and O–H groups in total. The van der Waals surface area contributed by atoms with E-state index >= 15 is 0 Å². The molecular formula is C16H25ClFIN4O. The Labute approximate surface area is 164 Å². The average molecular weight is 471 g/mol. The Morgan fingerprint density at radius 2 is 2.12 bits per heavy atom. The molecule has 0 unspecified atom stereocenters. The topological polar surface area (TPSA) is 62.9 Å². The molecule has 0 bridgehead atoms. The van der Waals surface area contributed by atoms with Gasteiger partial charge in [0, 0.05) is 43.3 Å². The zero-order valence-corrected chi connectivity index (χ0v) is 16.7. The number of nitrogens with zero attached hydrogens (tertiary/aromatic N) is 2. The van der Waals surface area contributed by atoms with E-state index in [0.717, 1.165) is 39.3 Å². The number of hydrogen-bond acceptors (Lipinski definition) is 3. The van der Waals surface area contributed by atoms with Crippen molar-refractivity contribution in [3.8, 4) is 0 Å². The predicted molar refractivity (Wildman–Crippen MR) is 107 cm³/mol. The third kappa shape index (κ3) is 7.50. The molecule has 5 nitrogen and oxygen atoms in total. The summed E-state index contributed by atoms with van der Waals surface area (Å²) in [7, 11) is 0. The summed E-state index contributed by atoms with van der Waals surface area (Å²) in [6.45, 7) is 5.78. The minimum atomic E-state index is -0.291. The molecule has 0 aliphatic carbocycles. The molecule has 1 saturated heterocycles. The largest absolute Gasteiger partial charge is 0.379 e. The molecular weight excluding hydrogens is 446 g/mol. The van der Waals surface area contributed by atoms with Crippen LogP contribution >= 0.6 is 35.6 Å². The highest BCUT2D eigenvalue weighted by molar-refractivity contribution is 14.0. The Balaban J connectivity index is 0.00000288. The number of guanidine groups is 1. The number of rotatable bonds is 7. The van der Waals surface area contributed by atoms with E-state index in [-0.39, 0.29) is 29.8 Å². The van der Waals surface area contributed by atoms with Gasteiger partial charge in [0.2, 0.25) is 0 Å². The molecule has 2 rings (SSSR count). The smallest absolute Gasteiger partial charge is 0.188 e.